The number of esters is 1. The van der Waals surface area contributed by atoms with Crippen molar-refractivity contribution < 1.29 is 19.4 Å². The minimum Gasteiger partial charge on any atom is -0.480 e. The number of rotatable bonds is 4. The summed E-state index contributed by atoms with van der Waals surface area (Å²) in [6.45, 7) is 0. The molecule has 1 aliphatic rings. The van der Waals surface area contributed by atoms with Gasteiger partial charge in [-0.3, -0.25) is 9.59 Å². The number of carboxylic acids is 1. The van der Waals surface area contributed by atoms with E-state index in [1.807, 2.05) is 0 Å². The highest BCUT2D eigenvalue weighted by Gasteiger charge is 2.42. The SMILES string of the molecule is COC(=O)CSC1(C(=O)O)CCSC1. The average Bonchev–Trinajstić information content (AvgIpc) is 2.64. The Balaban J connectivity index is 2.52. The quantitative estimate of drug-likeness (QED) is 0.730. The van der Waals surface area contributed by atoms with E-state index in [4.69, 9.17) is 5.11 Å². The number of methoxy groups -OCH3 is 1. The summed E-state index contributed by atoms with van der Waals surface area (Å²) < 4.78 is 3.70. The summed E-state index contributed by atoms with van der Waals surface area (Å²) >= 11 is 2.79. The van der Waals surface area contributed by atoms with Gasteiger partial charge < -0.3 is 9.84 Å². The van der Waals surface area contributed by atoms with Crippen molar-refractivity contribution in [3.05, 3.63) is 0 Å². The molecule has 1 fully saturated rings. The first kappa shape index (κ1) is 11.7. The van der Waals surface area contributed by atoms with Gasteiger partial charge in [0.2, 0.25) is 0 Å². The molecule has 1 N–H and O–H groups in total. The molecule has 1 rings (SSSR count). The summed E-state index contributed by atoms with van der Waals surface area (Å²) in [7, 11) is 1.31. The lowest BCUT2D eigenvalue weighted by Crippen LogP contribution is -2.36. The Morgan fingerprint density at radius 2 is 2.36 bits per heavy atom. The van der Waals surface area contributed by atoms with E-state index < -0.39 is 10.7 Å². The van der Waals surface area contributed by atoms with Crippen LogP contribution in [0.2, 0.25) is 0 Å². The lowest BCUT2D eigenvalue weighted by atomic mass is 10.1. The summed E-state index contributed by atoms with van der Waals surface area (Å²) in [4.78, 5) is 21.9. The predicted octanol–water partition coefficient (Wildman–Crippen LogP) is 0.853. The molecule has 1 aliphatic heterocycles. The molecule has 1 heterocycles. The lowest BCUT2D eigenvalue weighted by Gasteiger charge is -2.21. The first-order valence-corrected chi connectivity index (χ1v) is 6.27. The standard InChI is InChI=1S/C8H12O4S2/c1-12-6(9)4-14-8(7(10)11)2-3-13-5-8/h2-5H2,1H3,(H,10,11). The Hall–Kier alpha value is -0.360. The largest absolute Gasteiger partial charge is 0.480 e. The Kier molecular flexibility index (Phi) is 4.12. The van der Waals surface area contributed by atoms with Crippen LogP contribution in [-0.2, 0) is 14.3 Å². The highest BCUT2D eigenvalue weighted by atomic mass is 32.2. The van der Waals surface area contributed by atoms with Crippen LogP contribution in [0, 0.1) is 0 Å². The second-order valence-corrected chi connectivity index (χ2v) is 5.43. The summed E-state index contributed by atoms with van der Waals surface area (Å²) in [5.74, 6) is 0.345. The monoisotopic (exact) mass is 236 g/mol. The minimum absolute atomic E-state index is 0.114. The van der Waals surface area contributed by atoms with Crippen LogP contribution < -0.4 is 0 Å². The maximum Gasteiger partial charge on any atom is 0.320 e. The van der Waals surface area contributed by atoms with Crippen LogP contribution in [-0.4, -0.2) is 46.2 Å². The molecule has 6 heteroatoms. The van der Waals surface area contributed by atoms with E-state index in [9.17, 15) is 9.59 Å². The van der Waals surface area contributed by atoms with Crippen molar-refractivity contribution in [3.63, 3.8) is 0 Å². The van der Waals surface area contributed by atoms with E-state index in [0.717, 1.165) is 5.75 Å². The van der Waals surface area contributed by atoms with Gasteiger partial charge in [-0.25, -0.2) is 0 Å². The highest BCUT2D eigenvalue weighted by Crippen LogP contribution is 2.39. The molecule has 4 nitrogen and oxygen atoms in total. The molecule has 0 aliphatic carbocycles. The zero-order valence-electron chi connectivity index (χ0n) is 7.82. The van der Waals surface area contributed by atoms with Crippen molar-refractivity contribution in [1.29, 1.82) is 0 Å². The molecular weight excluding hydrogens is 224 g/mol. The number of carbonyl (C=O) groups is 2. The lowest BCUT2D eigenvalue weighted by molar-refractivity contribution is -0.139. The van der Waals surface area contributed by atoms with Crippen LogP contribution in [0.4, 0.5) is 0 Å². The van der Waals surface area contributed by atoms with Gasteiger partial charge in [0.15, 0.2) is 0 Å². The van der Waals surface area contributed by atoms with Gasteiger partial charge in [-0.2, -0.15) is 11.8 Å². The van der Waals surface area contributed by atoms with Crippen LogP contribution >= 0.6 is 23.5 Å². The van der Waals surface area contributed by atoms with Gasteiger partial charge >= 0.3 is 11.9 Å². The zero-order chi connectivity index (χ0) is 10.6. The fraction of sp³-hybridized carbons (Fsp3) is 0.750. The number of carboxylic acid groups (broad SMARTS) is 1. The first-order valence-electron chi connectivity index (χ1n) is 4.13. The number of hydrogen-bond acceptors (Lipinski definition) is 5. The number of aliphatic carboxylic acids is 1. The van der Waals surface area contributed by atoms with Crippen LogP contribution in [0.25, 0.3) is 0 Å². The molecule has 1 atom stereocenters. The Morgan fingerprint density at radius 1 is 1.64 bits per heavy atom. The van der Waals surface area contributed by atoms with Crippen LogP contribution in [0.5, 0.6) is 0 Å². The van der Waals surface area contributed by atoms with Gasteiger partial charge in [0.1, 0.15) is 4.75 Å². The van der Waals surface area contributed by atoms with E-state index in [1.54, 1.807) is 11.8 Å². The van der Waals surface area contributed by atoms with Gasteiger partial charge in [0, 0.05) is 5.75 Å². The molecule has 1 unspecified atom stereocenters. The molecular formula is C8H12O4S2. The Labute approximate surface area is 90.8 Å². The van der Waals surface area contributed by atoms with E-state index in [2.05, 4.69) is 4.74 Å². The van der Waals surface area contributed by atoms with Crippen molar-refractivity contribution in [2.75, 3.05) is 24.4 Å². The van der Waals surface area contributed by atoms with E-state index >= 15 is 0 Å². The van der Waals surface area contributed by atoms with Gasteiger partial charge in [-0.05, 0) is 12.2 Å². The number of carbonyl (C=O) groups excluding carboxylic acids is 1. The fourth-order valence-corrected chi connectivity index (χ4v) is 3.98. The fourth-order valence-electron chi connectivity index (χ4n) is 1.15. The molecule has 80 valence electrons. The zero-order valence-corrected chi connectivity index (χ0v) is 9.45. The van der Waals surface area contributed by atoms with Crippen LogP contribution in [0.1, 0.15) is 6.42 Å². The smallest absolute Gasteiger partial charge is 0.320 e. The summed E-state index contributed by atoms with van der Waals surface area (Å²) in [6, 6.07) is 0. The third-order valence-corrected chi connectivity index (χ3v) is 4.90. The molecule has 14 heavy (non-hydrogen) atoms. The summed E-state index contributed by atoms with van der Waals surface area (Å²) in [5, 5.41) is 9.06. The first-order chi connectivity index (χ1) is 6.60. The number of ether oxygens (including phenoxy) is 1. The third kappa shape index (κ3) is 2.57. The van der Waals surface area contributed by atoms with Crippen molar-refractivity contribution in [2.24, 2.45) is 0 Å². The summed E-state index contributed by atoms with van der Waals surface area (Å²) in [6.07, 6.45) is 0.620. The Bertz CT molecular complexity index is 235. The molecule has 0 bridgehead atoms. The second-order valence-electron chi connectivity index (χ2n) is 2.97. The molecule has 0 aromatic carbocycles. The maximum atomic E-state index is 11.0. The van der Waals surface area contributed by atoms with E-state index in [1.165, 1.54) is 18.9 Å². The van der Waals surface area contributed by atoms with Crippen molar-refractivity contribution in [3.8, 4) is 0 Å². The van der Waals surface area contributed by atoms with Crippen molar-refractivity contribution in [2.45, 2.75) is 11.2 Å². The molecule has 0 aromatic rings. The topological polar surface area (TPSA) is 63.6 Å². The molecule has 0 radical (unpaired) electrons. The van der Waals surface area contributed by atoms with Gasteiger partial charge in [0.05, 0.1) is 12.9 Å². The minimum atomic E-state index is -0.823. The van der Waals surface area contributed by atoms with Crippen LogP contribution in [0.3, 0.4) is 0 Å². The second kappa shape index (κ2) is 4.93. The normalized spacial score (nSPS) is 26.1. The van der Waals surface area contributed by atoms with E-state index in [-0.39, 0.29) is 11.7 Å². The molecule has 0 spiro atoms. The number of hydrogen-bond donors (Lipinski definition) is 1. The van der Waals surface area contributed by atoms with Crippen LogP contribution in [0.15, 0.2) is 0 Å². The predicted molar refractivity (Wildman–Crippen MR) is 56.8 cm³/mol. The van der Waals surface area contributed by atoms with Gasteiger partial charge in [-0.15, -0.1) is 11.8 Å². The molecule has 1 saturated heterocycles. The highest BCUT2D eigenvalue weighted by molar-refractivity contribution is 8.05. The van der Waals surface area contributed by atoms with Crippen molar-refractivity contribution >= 4 is 35.5 Å². The molecule has 0 amide bonds. The molecule has 0 saturated carbocycles. The molecule has 0 aromatic heterocycles. The number of thioether (sulfide) groups is 2. The van der Waals surface area contributed by atoms with E-state index in [0.29, 0.717) is 12.2 Å². The van der Waals surface area contributed by atoms with Gasteiger partial charge in [0.25, 0.3) is 0 Å². The van der Waals surface area contributed by atoms with Gasteiger partial charge in [-0.1, -0.05) is 0 Å². The van der Waals surface area contributed by atoms with Crippen molar-refractivity contribution in [1.82, 2.24) is 0 Å². The Morgan fingerprint density at radius 3 is 2.79 bits per heavy atom. The maximum absolute atomic E-state index is 11.0. The third-order valence-electron chi connectivity index (χ3n) is 2.07. The summed E-state index contributed by atoms with van der Waals surface area (Å²) in [5.41, 5.74) is 0. The average molecular weight is 236 g/mol.